The van der Waals surface area contributed by atoms with E-state index in [4.69, 9.17) is 5.11 Å². The molecule has 2 amide bonds. The highest BCUT2D eigenvalue weighted by molar-refractivity contribution is 5.89. The Bertz CT molecular complexity index is 358. The van der Waals surface area contributed by atoms with E-state index in [1.807, 2.05) is 4.90 Å². The molecule has 2 aliphatic carbocycles. The van der Waals surface area contributed by atoms with Gasteiger partial charge in [0.05, 0.1) is 0 Å². The first-order valence-electron chi connectivity index (χ1n) is 7.27. The van der Waals surface area contributed by atoms with Crippen LogP contribution in [0.3, 0.4) is 0 Å². The van der Waals surface area contributed by atoms with Gasteiger partial charge in [0.25, 0.3) is 0 Å². The maximum Gasteiger partial charge on any atom is 0.329 e. The number of nitrogens with zero attached hydrogens (tertiary/aromatic N) is 1. The van der Waals surface area contributed by atoms with Gasteiger partial charge < -0.3 is 15.3 Å². The van der Waals surface area contributed by atoms with Crippen molar-refractivity contribution >= 4 is 12.0 Å². The molecule has 0 radical (unpaired) electrons. The molecule has 0 aromatic heterocycles. The second-order valence-corrected chi connectivity index (χ2v) is 6.30. The number of hydrogen-bond acceptors (Lipinski definition) is 2. The van der Waals surface area contributed by atoms with Gasteiger partial charge in [-0.1, -0.05) is 26.7 Å². The minimum atomic E-state index is -0.981. The summed E-state index contributed by atoms with van der Waals surface area (Å²) in [5.41, 5.74) is -0.981. The van der Waals surface area contributed by atoms with E-state index in [-0.39, 0.29) is 12.1 Å². The topological polar surface area (TPSA) is 69.6 Å². The van der Waals surface area contributed by atoms with Gasteiger partial charge in [-0.25, -0.2) is 9.59 Å². The Morgan fingerprint density at radius 3 is 2.32 bits per heavy atom. The number of amides is 2. The van der Waals surface area contributed by atoms with E-state index in [1.54, 1.807) is 0 Å². The maximum atomic E-state index is 12.4. The molecule has 2 rings (SSSR count). The monoisotopic (exact) mass is 268 g/mol. The number of hydrogen-bond donors (Lipinski definition) is 2. The first-order valence-corrected chi connectivity index (χ1v) is 7.27. The van der Waals surface area contributed by atoms with Crippen LogP contribution in [0.5, 0.6) is 0 Å². The molecule has 0 saturated heterocycles. The fourth-order valence-corrected chi connectivity index (χ4v) is 2.80. The van der Waals surface area contributed by atoms with Crippen LogP contribution in [0.4, 0.5) is 4.79 Å². The SMILES string of the molecule is CC(C)CN(C(=O)NC1(C(=O)O)CC1)C1CCCC1. The van der Waals surface area contributed by atoms with E-state index in [2.05, 4.69) is 19.2 Å². The summed E-state index contributed by atoms with van der Waals surface area (Å²) in [4.78, 5) is 25.4. The van der Waals surface area contributed by atoms with Crippen LogP contribution < -0.4 is 5.32 Å². The van der Waals surface area contributed by atoms with E-state index in [0.29, 0.717) is 25.3 Å². The van der Waals surface area contributed by atoms with Crippen molar-refractivity contribution in [3.8, 4) is 0 Å². The zero-order valence-corrected chi connectivity index (χ0v) is 11.8. The Morgan fingerprint density at radius 1 is 1.32 bits per heavy atom. The zero-order valence-electron chi connectivity index (χ0n) is 11.8. The zero-order chi connectivity index (χ0) is 14.0. The van der Waals surface area contributed by atoms with E-state index in [1.165, 1.54) is 0 Å². The number of carboxylic acid groups (broad SMARTS) is 1. The largest absolute Gasteiger partial charge is 0.480 e. The Labute approximate surface area is 114 Å². The Kier molecular flexibility index (Phi) is 4.02. The molecule has 108 valence electrons. The van der Waals surface area contributed by atoms with Gasteiger partial charge in [0, 0.05) is 12.6 Å². The summed E-state index contributed by atoms with van der Waals surface area (Å²) >= 11 is 0. The summed E-state index contributed by atoms with van der Waals surface area (Å²) in [6.45, 7) is 4.87. The van der Waals surface area contributed by atoms with E-state index in [0.717, 1.165) is 25.7 Å². The molecule has 19 heavy (non-hydrogen) atoms. The van der Waals surface area contributed by atoms with Crippen LogP contribution in [0, 0.1) is 5.92 Å². The van der Waals surface area contributed by atoms with Crippen LogP contribution in [0.2, 0.25) is 0 Å². The maximum absolute atomic E-state index is 12.4. The number of carboxylic acids is 1. The molecule has 0 unspecified atom stereocenters. The third-order valence-corrected chi connectivity index (χ3v) is 4.09. The average molecular weight is 268 g/mol. The van der Waals surface area contributed by atoms with Gasteiger partial charge in [0.15, 0.2) is 0 Å². The minimum absolute atomic E-state index is 0.194. The highest BCUT2D eigenvalue weighted by Gasteiger charge is 2.52. The van der Waals surface area contributed by atoms with Gasteiger partial charge >= 0.3 is 12.0 Å². The van der Waals surface area contributed by atoms with Crippen molar-refractivity contribution in [3.05, 3.63) is 0 Å². The second-order valence-electron chi connectivity index (χ2n) is 6.30. The predicted molar refractivity (Wildman–Crippen MR) is 71.9 cm³/mol. The number of rotatable bonds is 5. The number of urea groups is 1. The molecule has 0 aromatic rings. The van der Waals surface area contributed by atoms with Gasteiger partial charge in [0.2, 0.25) is 0 Å². The van der Waals surface area contributed by atoms with Crippen LogP contribution in [0.25, 0.3) is 0 Å². The molecule has 0 aromatic carbocycles. The molecule has 0 aliphatic heterocycles. The number of nitrogens with one attached hydrogen (secondary N) is 1. The summed E-state index contributed by atoms with van der Waals surface area (Å²) in [6, 6.07) is 0.0903. The quantitative estimate of drug-likeness (QED) is 0.803. The molecule has 2 aliphatic rings. The summed E-state index contributed by atoms with van der Waals surface area (Å²) < 4.78 is 0. The van der Waals surface area contributed by atoms with Gasteiger partial charge in [-0.3, -0.25) is 0 Å². The summed E-state index contributed by atoms with van der Waals surface area (Å²) in [5.74, 6) is -0.511. The molecule has 0 heterocycles. The van der Waals surface area contributed by atoms with Crippen molar-refractivity contribution in [2.45, 2.75) is 64.0 Å². The standard InChI is InChI=1S/C14H24N2O3/c1-10(2)9-16(11-5-3-4-6-11)13(19)15-14(7-8-14)12(17)18/h10-11H,3-9H2,1-2H3,(H,15,19)(H,17,18). The average Bonchev–Trinajstić information content (AvgIpc) is 2.91. The molecule has 2 saturated carbocycles. The highest BCUT2D eigenvalue weighted by Crippen LogP contribution is 2.36. The third kappa shape index (κ3) is 3.19. The first-order chi connectivity index (χ1) is 8.94. The van der Waals surface area contributed by atoms with Crippen molar-refractivity contribution in [2.75, 3.05) is 6.54 Å². The van der Waals surface area contributed by atoms with Gasteiger partial charge in [0.1, 0.15) is 5.54 Å². The Balaban J connectivity index is 2.01. The molecular formula is C14H24N2O3. The number of aliphatic carboxylic acids is 1. The molecule has 0 spiro atoms. The van der Waals surface area contributed by atoms with Crippen LogP contribution in [-0.2, 0) is 4.79 Å². The molecule has 2 fully saturated rings. The van der Waals surface area contributed by atoms with Crippen LogP contribution in [0.1, 0.15) is 52.4 Å². The summed E-state index contributed by atoms with van der Waals surface area (Å²) in [5, 5.41) is 11.9. The number of carbonyl (C=O) groups is 2. The molecular weight excluding hydrogens is 244 g/mol. The third-order valence-electron chi connectivity index (χ3n) is 4.09. The molecule has 5 heteroatoms. The van der Waals surface area contributed by atoms with Crippen LogP contribution in [-0.4, -0.2) is 40.1 Å². The second kappa shape index (κ2) is 5.39. The summed E-state index contributed by atoms with van der Waals surface area (Å²) in [6.07, 6.45) is 5.51. The first kappa shape index (κ1) is 14.2. The van der Waals surface area contributed by atoms with Crippen molar-refractivity contribution in [1.29, 1.82) is 0 Å². The van der Waals surface area contributed by atoms with E-state index in [9.17, 15) is 9.59 Å². The van der Waals surface area contributed by atoms with Crippen molar-refractivity contribution in [2.24, 2.45) is 5.92 Å². The van der Waals surface area contributed by atoms with Crippen LogP contribution in [0.15, 0.2) is 0 Å². The molecule has 0 atom stereocenters. The number of carbonyl (C=O) groups excluding carboxylic acids is 1. The Hall–Kier alpha value is -1.26. The van der Waals surface area contributed by atoms with Gasteiger partial charge in [-0.2, -0.15) is 0 Å². The Morgan fingerprint density at radius 2 is 1.89 bits per heavy atom. The van der Waals surface area contributed by atoms with Crippen molar-refractivity contribution < 1.29 is 14.7 Å². The lowest BCUT2D eigenvalue weighted by molar-refractivity contribution is -0.140. The molecule has 0 bridgehead atoms. The van der Waals surface area contributed by atoms with E-state index >= 15 is 0 Å². The minimum Gasteiger partial charge on any atom is -0.480 e. The summed E-state index contributed by atoms with van der Waals surface area (Å²) in [7, 11) is 0. The lowest BCUT2D eigenvalue weighted by Gasteiger charge is -2.31. The van der Waals surface area contributed by atoms with Crippen molar-refractivity contribution in [3.63, 3.8) is 0 Å². The van der Waals surface area contributed by atoms with Gasteiger partial charge in [-0.15, -0.1) is 0 Å². The fraction of sp³-hybridized carbons (Fsp3) is 0.857. The molecule has 5 nitrogen and oxygen atoms in total. The molecule has 2 N–H and O–H groups in total. The predicted octanol–water partition coefficient (Wildman–Crippen LogP) is 2.21. The lowest BCUT2D eigenvalue weighted by Crippen LogP contribution is -2.53. The fourth-order valence-electron chi connectivity index (χ4n) is 2.80. The van der Waals surface area contributed by atoms with Gasteiger partial charge in [-0.05, 0) is 31.6 Å². The van der Waals surface area contributed by atoms with E-state index < -0.39 is 11.5 Å². The smallest absolute Gasteiger partial charge is 0.329 e. The normalized spacial score (nSPS) is 21.4. The van der Waals surface area contributed by atoms with Crippen LogP contribution >= 0.6 is 0 Å². The lowest BCUT2D eigenvalue weighted by atomic mass is 10.1. The van der Waals surface area contributed by atoms with Crippen molar-refractivity contribution in [1.82, 2.24) is 10.2 Å². The highest BCUT2D eigenvalue weighted by atomic mass is 16.4.